The van der Waals surface area contributed by atoms with Gasteiger partial charge in [-0.3, -0.25) is 4.79 Å². The lowest BCUT2D eigenvalue weighted by Gasteiger charge is -2.10. The topological polar surface area (TPSA) is 41.1 Å². The van der Waals surface area contributed by atoms with E-state index < -0.39 is 0 Å². The molecule has 0 aliphatic carbocycles. The molecular weight excluding hydrogens is 244 g/mol. The number of carbonyl (C=O) groups is 1. The minimum atomic E-state index is -0.0516. The third-order valence-corrected chi connectivity index (χ3v) is 3.47. The second kappa shape index (κ2) is 5.69. The van der Waals surface area contributed by atoms with Crippen molar-refractivity contribution in [2.75, 3.05) is 17.2 Å². The standard InChI is InChI=1S/C14H16N2OS/c1-3-15-11-6-7-12(10(2)9-11)16-14(17)13-5-4-8-18-13/h4-9,15H,3H2,1-2H3,(H,16,17). The van der Waals surface area contributed by atoms with Crippen LogP contribution in [-0.4, -0.2) is 12.5 Å². The van der Waals surface area contributed by atoms with Crippen molar-refractivity contribution in [3.63, 3.8) is 0 Å². The highest BCUT2D eigenvalue weighted by Gasteiger charge is 2.08. The lowest BCUT2D eigenvalue weighted by Crippen LogP contribution is -2.11. The summed E-state index contributed by atoms with van der Waals surface area (Å²) in [6, 6.07) is 9.63. The Labute approximate surface area is 111 Å². The van der Waals surface area contributed by atoms with Crippen LogP contribution in [0.3, 0.4) is 0 Å². The van der Waals surface area contributed by atoms with Gasteiger partial charge in [-0.2, -0.15) is 0 Å². The van der Waals surface area contributed by atoms with E-state index in [4.69, 9.17) is 0 Å². The molecular formula is C14H16N2OS. The van der Waals surface area contributed by atoms with Crippen LogP contribution in [-0.2, 0) is 0 Å². The highest BCUT2D eigenvalue weighted by Crippen LogP contribution is 2.21. The van der Waals surface area contributed by atoms with E-state index in [2.05, 4.69) is 17.6 Å². The number of thiophene rings is 1. The normalized spacial score (nSPS) is 10.1. The molecule has 18 heavy (non-hydrogen) atoms. The van der Waals surface area contributed by atoms with Crippen molar-refractivity contribution < 1.29 is 4.79 Å². The largest absolute Gasteiger partial charge is 0.385 e. The van der Waals surface area contributed by atoms with Crippen LogP contribution in [0, 0.1) is 6.92 Å². The van der Waals surface area contributed by atoms with Crippen LogP contribution in [0.1, 0.15) is 22.2 Å². The Morgan fingerprint density at radius 2 is 2.17 bits per heavy atom. The predicted molar refractivity (Wildman–Crippen MR) is 77.6 cm³/mol. The van der Waals surface area contributed by atoms with Crippen LogP contribution in [0.5, 0.6) is 0 Å². The third kappa shape index (κ3) is 2.90. The van der Waals surface area contributed by atoms with E-state index in [0.717, 1.165) is 28.4 Å². The molecule has 2 rings (SSSR count). The first-order chi connectivity index (χ1) is 8.70. The summed E-state index contributed by atoms with van der Waals surface area (Å²) in [5, 5.41) is 8.07. The molecule has 0 aliphatic rings. The minimum Gasteiger partial charge on any atom is -0.385 e. The molecule has 2 aromatic rings. The van der Waals surface area contributed by atoms with E-state index in [9.17, 15) is 4.79 Å². The first-order valence-electron chi connectivity index (χ1n) is 5.90. The van der Waals surface area contributed by atoms with Gasteiger partial charge in [0.2, 0.25) is 0 Å². The van der Waals surface area contributed by atoms with Gasteiger partial charge in [-0.25, -0.2) is 0 Å². The number of nitrogens with one attached hydrogen (secondary N) is 2. The molecule has 0 saturated heterocycles. The number of anilines is 2. The maximum atomic E-state index is 11.9. The fraction of sp³-hybridized carbons (Fsp3) is 0.214. The first-order valence-corrected chi connectivity index (χ1v) is 6.78. The van der Waals surface area contributed by atoms with Crippen molar-refractivity contribution in [3.05, 3.63) is 46.2 Å². The molecule has 0 radical (unpaired) electrons. The quantitative estimate of drug-likeness (QED) is 0.879. The van der Waals surface area contributed by atoms with Gasteiger partial charge in [0.15, 0.2) is 0 Å². The molecule has 1 aromatic carbocycles. The molecule has 0 aliphatic heterocycles. The molecule has 1 heterocycles. The number of benzene rings is 1. The van der Waals surface area contributed by atoms with Crippen molar-refractivity contribution in [3.8, 4) is 0 Å². The van der Waals surface area contributed by atoms with Gasteiger partial charge >= 0.3 is 0 Å². The van der Waals surface area contributed by atoms with E-state index in [1.54, 1.807) is 0 Å². The molecule has 94 valence electrons. The number of hydrogen-bond acceptors (Lipinski definition) is 3. The van der Waals surface area contributed by atoms with Gasteiger partial charge < -0.3 is 10.6 Å². The van der Waals surface area contributed by atoms with Gasteiger partial charge in [0.25, 0.3) is 5.91 Å². The number of aryl methyl sites for hydroxylation is 1. The molecule has 3 nitrogen and oxygen atoms in total. The summed E-state index contributed by atoms with van der Waals surface area (Å²) < 4.78 is 0. The summed E-state index contributed by atoms with van der Waals surface area (Å²) >= 11 is 1.44. The molecule has 1 amide bonds. The summed E-state index contributed by atoms with van der Waals surface area (Å²) in [5.41, 5.74) is 2.98. The number of rotatable bonds is 4. The SMILES string of the molecule is CCNc1ccc(NC(=O)c2cccs2)c(C)c1. The third-order valence-electron chi connectivity index (χ3n) is 2.60. The van der Waals surface area contributed by atoms with Gasteiger partial charge in [-0.05, 0) is 49.1 Å². The molecule has 0 atom stereocenters. The summed E-state index contributed by atoms with van der Waals surface area (Å²) in [4.78, 5) is 12.6. The summed E-state index contributed by atoms with van der Waals surface area (Å²) in [7, 11) is 0. The lowest BCUT2D eigenvalue weighted by atomic mass is 10.1. The first kappa shape index (κ1) is 12.6. The van der Waals surface area contributed by atoms with Crippen molar-refractivity contribution in [2.24, 2.45) is 0 Å². The molecule has 0 spiro atoms. The summed E-state index contributed by atoms with van der Waals surface area (Å²) in [5.74, 6) is -0.0516. The van der Waals surface area contributed by atoms with Crippen molar-refractivity contribution in [2.45, 2.75) is 13.8 Å². The Balaban J connectivity index is 2.12. The fourth-order valence-electron chi connectivity index (χ4n) is 1.71. The van der Waals surface area contributed by atoms with Crippen molar-refractivity contribution >= 4 is 28.6 Å². The Bertz CT molecular complexity index is 535. The zero-order valence-corrected chi connectivity index (χ0v) is 11.3. The highest BCUT2D eigenvalue weighted by atomic mass is 32.1. The lowest BCUT2D eigenvalue weighted by molar-refractivity contribution is 0.103. The Morgan fingerprint density at radius 3 is 2.78 bits per heavy atom. The van der Waals surface area contributed by atoms with Gasteiger partial charge in [0, 0.05) is 17.9 Å². The Morgan fingerprint density at radius 1 is 1.33 bits per heavy atom. The fourth-order valence-corrected chi connectivity index (χ4v) is 2.33. The van der Waals surface area contributed by atoms with E-state index in [-0.39, 0.29) is 5.91 Å². The van der Waals surface area contributed by atoms with E-state index >= 15 is 0 Å². The zero-order valence-electron chi connectivity index (χ0n) is 10.5. The van der Waals surface area contributed by atoms with Crippen LogP contribution >= 0.6 is 11.3 Å². The highest BCUT2D eigenvalue weighted by molar-refractivity contribution is 7.12. The van der Waals surface area contributed by atoms with E-state index in [0.29, 0.717) is 0 Å². The maximum Gasteiger partial charge on any atom is 0.265 e. The maximum absolute atomic E-state index is 11.9. The zero-order chi connectivity index (χ0) is 13.0. The van der Waals surface area contributed by atoms with Crippen LogP contribution < -0.4 is 10.6 Å². The van der Waals surface area contributed by atoms with Crippen LogP contribution in [0.4, 0.5) is 11.4 Å². The molecule has 1 aromatic heterocycles. The average Bonchev–Trinajstić information content (AvgIpc) is 2.86. The molecule has 0 saturated carbocycles. The molecule has 2 N–H and O–H groups in total. The van der Waals surface area contributed by atoms with Crippen LogP contribution in [0.15, 0.2) is 35.7 Å². The minimum absolute atomic E-state index is 0.0516. The monoisotopic (exact) mass is 260 g/mol. The van der Waals surface area contributed by atoms with Gasteiger partial charge in [-0.15, -0.1) is 11.3 Å². The number of amides is 1. The molecule has 0 bridgehead atoms. The average molecular weight is 260 g/mol. The summed E-state index contributed by atoms with van der Waals surface area (Å²) in [6.45, 7) is 4.94. The smallest absolute Gasteiger partial charge is 0.265 e. The van der Waals surface area contributed by atoms with Gasteiger partial charge in [-0.1, -0.05) is 6.07 Å². The molecule has 0 unspecified atom stereocenters. The van der Waals surface area contributed by atoms with Gasteiger partial charge in [0.1, 0.15) is 0 Å². The van der Waals surface area contributed by atoms with E-state index in [1.807, 2.05) is 42.6 Å². The number of hydrogen-bond donors (Lipinski definition) is 2. The Kier molecular flexibility index (Phi) is 3.99. The van der Waals surface area contributed by atoms with Crippen LogP contribution in [0.25, 0.3) is 0 Å². The molecule has 0 fully saturated rings. The Hall–Kier alpha value is -1.81. The van der Waals surface area contributed by atoms with Crippen molar-refractivity contribution in [1.82, 2.24) is 0 Å². The predicted octanol–water partition coefficient (Wildman–Crippen LogP) is 3.74. The second-order valence-corrected chi connectivity index (χ2v) is 4.94. The second-order valence-electron chi connectivity index (χ2n) is 3.99. The van der Waals surface area contributed by atoms with Crippen molar-refractivity contribution in [1.29, 1.82) is 0 Å². The van der Waals surface area contributed by atoms with E-state index in [1.165, 1.54) is 11.3 Å². The van der Waals surface area contributed by atoms with Gasteiger partial charge in [0.05, 0.1) is 4.88 Å². The summed E-state index contributed by atoms with van der Waals surface area (Å²) in [6.07, 6.45) is 0. The molecule has 4 heteroatoms. The number of carbonyl (C=O) groups excluding carboxylic acids is 1. The van der Waals surface area contributed by atoms with Crippen LogP contribution in [0.2, 0.25) is 0 Å².